The van der Waals surface area contributed by atoms with E-state index in [2.05, 4.69) is 15.6 Å². The monoisotopic (exact) mass is 396 g/mol. The lowest BCUT2D eigenvalue weighted by atomic mass is 10.1. The summed E-state index contributed by atoms with van der Waals surface area (Å²) in [5.41, 5.74) is 2.53. The molecule has 29 heavy (non-hydrogen) atoms. The number of carbonyl (C=O) groups is 1. The number of nitrogens with one attached hydrogen (secondary N) is 2. The first-order valence-electron chi connectivity index (χ1n) is 10.1. The van der Waals surface area contributed by atoms with Gasteiger partial charge in [0.25, 0.3) is 5.91 Å². The van der Waals surface area contributed by atoms with Gasteiger partial charge in [-0.2, -0.15) is 0 Å². The fraction of sp³-hybridized carbons (Fsp3) is 0.391. The maximum absolute atomic E-state index is 14.0. The third kappa shape index (κ3) is 5.56. The van der Waals surface area contributed by atoms with Crippen LogP contribution in [0.3, 0.4) is 0 Å². The predicted octanol–water partition coefficient (Wildman–Crippen LogP) is 3.18. The molecule has 0 aromatic heterocycles. The van der Waals surface area contributed by atoms with Crippen molar-refractivity contribution < 1.29 is 9.18 Å². The van der Waals surface area contributed by atoms with Crippen LogP contribution in [0.2, 0.25) is 0 Å². The molecule has 0 radical (unpaired) electrons. The zero-order valence-electron chi connectivity index (χ0n) is 17.3. The zero-order valence-corrected chi connectivity index (χ0v) is 17.3. The van der Waals surface area contributed by atoms with Crippen molar-refractivity contribution in [3.63, 3.8) is 0 Å². The van der Waals surface area contributed by atoms with E-state index in [4.69, 9.17) is 0 Å². The number of benzene rings is 2. The number of hydrogen-bond donors (Lipinski definition) is 2. The number of hydrogen-bond acceptors (Lipinski definition) is 2. The molecular weight excluding hydrogens is 367 g/mol. The van der Waals surface area contributed by atoms with Gasteiger partial charge < -0.3 is 15.5 Å². The third-order valence-electron chi connectivity index (χ3n) is 5.01. The molecule has 2 N–H and O–H groups in total. The van der Waals surface area contributed by atoms with Gasteiger partial charge in [-0.25, -0.2) is 4.39 Å². The molecule has 154 valence electrons. The number of halogens is 1. The Morgan fingerprint density at radius 1 is 1.21 bits per heavy atom. The average molecular weight is 397 g/mol. The lowest BCUT2D eigenvalue weighted by molar-refractivity contribution is 0.0827. The van der Waals surface area contributed by atoms with Gasteiger partial charge in [-0.05, 0) is 49.1 Å². The summed E-state index contributed by atoms with van der Waals surface area (Å²) in [6, 6.07) is 14.8. The van der Waals surface area contributed by atoms with Crippen molar-refractivity contribution in [2.24, 2.45) is 4.99 Å². The molecule has 3 rings (SSSR count). The lowest BCUT2D eigenvalue weighted by Crippen LogP contribution is -2.39. The molecular formula is C23H29FN4O. The van der Waals surface area contributed by atoms with Crippen LogP contribution >= 0.6 is 0 Å². The Kier molecular flexibility index (Phi) is 6.86. The minimum Gasteiger partial charge on any atom is -0.357 e. The van der Waals surface area contributed by atoms with Gasteiger partial charge in [0.05, 0.1) is 0 Å². The number of nitrogens with zero attached hydrogens (tertiary/aromatic N) is 2. The molecule has 1 fully saturated rings. The van der Waals surface area contributed by atoms with Crippen molar-refractivity contribution >= 4 is 11.9 Å². The predicted molar refractivity (Wildman–Crippen MR) is 115 cm³/mol. The van der Waals surface area contributed by atoms with Crippen LogP contribution in [0, 0.1) is 5.82 Å². The van der Waals surface area contributed by atoms with Crippen LogP contribution in [-0.2, 0) is 6.42 Å². The van der Waals surface area contributed by atoms with Gasteiger partial charge in [-0.1, -0.05) is 30.3 Å². The molecule has 0 saturated heterocycles. The van der Waals surface area contributed by atoms with Crippen molar-refractivity contribution in [2.45, 2.75) is 31.7 Å². The van der Waals surface area contributed by atoms with Gasteiger partial charge in [0.2, 0.25) is 0 Å². The maximum atomic E-state index is 14.0. The van der Waals surface area contributed by atoms with Gasteiger partial charge in [-0.3, -0.25) is 9.79 Å². The largest absolute Gasteiger partial charge is 0.357 e. The van der Waals surface area contributed by atoms with Crippen LogP contribution in [-0.4, -0.2) is 50.0 Å². The number of aliphatic imine (C=N–C) groups is 1. The van der Waals surface area contributed by atoms with Gasteiger partial charge in [0.15, 0.2) is 5.96 Å². The summed E-state index contributed by atoms with van der Waals surface area (Å²) in [5.74, 6) is 0.791. The Balaban J connectivity index is 1.57. The van der Waals surface area contributed by atoms with E-state index < -0.39 is 0 Å². The molecule has 0 bridgehead atoms. The molecule has 2 unspecified atom stereocenters. The average Bonchev–Trinajstić information content (AvgIpc) is 3.47. The third-order valence-corrected chi connectivity index (χ3v) is 5.01. The zero-order chi connectivity index (χ0) is 20.8. The van der Waals surface area contributed by atoms with E-state index in [1.54, 1.807) is 25.1 Å². The van der Waals surface area contributed by atoms with Crippen LogP contribution in [0.4, 0.5) is 4.39 Å². The summed E-state index contributed by atoms with van der Waals surface area (Å²) in [5, 5.41) is 6.67. The Hall–Kier alpha value is -2.89. The molecule has 1 aliphatic rings. The maximum Gasteiger partial charge on any atom is 0.253 e. The summed E-state index contributed by atoms with van der Waals surface area (Å²) in [6.07, 6.45) is 1.65. The summed E-state index contributed by atoms with van der Waals surface area (Å²) < 4.78 is 14.0. The van der Waals surface area contributed by atoms with E-state index >= 15 is 0 Å². The first kappa shape index (κ1) is 20.8. The topological polar surface area (TPSA) is 56.7 Å². The Morgan fingerprint density at radius 3 is 2.72 bits per heavy atom. The minimum absolute atomic E-state index is 0.00160. The van der Waals surface area contributed by atoms with Crippen molar-refractivity contribution in [3.05, 3.63) is 71.0 Å². The second kappa shape index (κ2) is 9.54. The Bertz CT molecular complexity index is 881. The molecule has 1 amide bonds. The van der Waals surface area contributed by atoms with E-state index in [0.717, 1.165) is 36.5 Å². The highest BCUT2D eigenvalue weighted by molar-refractivity contribution is 5.94. The molecule has 0 heterocycles. The second-order valence-electron chi connectivity index (χ2n) is 7.53. The summed E-state index contributed by atoms with van der Waals surface area (Å²) in [4.78, 5) is 18.3. The fourth-order valence-electron chi connectivity index (χ4n) is 3.38. The molecule has 2 aromatic carbocycles. The number of amides is 1. The van der Waals surface area contributed by atoms with E-state index in [-0.39, 0.29) is 23.7 Å². The van der Waals surface area contributed by atoms with E-state index in [1.165, 1.54) is 6.07 Å². The summed E-state index contributed by atoms with van der Waals surface area (Å²) in [7, 11) is 3.50. The molecule has 1 saturated carbocycles. The highest BCUT2D eigenvalue weighted by Gasteiger charge is 2.40. The van der Waals surface area contributed by atoms with Gasteiger partial charge in [0.1, 0.15) is 5.82 Å². The number of guanidine groups is 1. The van der Waals surface area contributed by atoms with Crippen LogP contribution in [0.15, 0.2) is 53.5 Å². The smallest absolute Gasteiger partial charge is 0.253 e. The fourth-order valence-corrected chi connectivity index (χ4v) is 3.38. The van der Waals surface area contributed by atoms with Crippen molar-refractivity contribution in [1.29, 1.82) is 0 Å². The van der Waals surface area contributed by atoms with Crippen LogP contribution in [0.5, 0.6) is 0 Å². The Labute approximate surface area is 172 Å². The van der Waals surface area contributed by atoms with Crippen molar-refractivity contribution in [1.82, 2.24) is 15.5 Å². The van der Waals surface area contributed by atoms with Crippen LogP contribution in [0.25, 0.3) is 0 Å². The summed E-state index contributed by atoms with van der Waals surface area (Å²) >= 11 is 0. The van der Waals surface area contributed by atoms with Crippen molar-refractivity contribution in [2.75, 3.05) is 27.2 Å². The van der Waals surface area contributed by atoms with Crippen molar-refractivity contribution in [3.8, 4) is 0 Å². The molecule has 5 nitrogen and oxygen atoms in total. The lowest BCUT2D eigenvalue weighted by Gasteiger charge is -2.12. The quantitative estimate of drug-likeness (QED) is 0.558. The standard InChI is InChI=1S/C23H29FN4O/c1-4-25-23(27-21-15-19(21)18-10-5-6-11-20(18)24)26-13-12-16-8-7-9-17(14-16)22(29)28(2)3/h5-11,14,19,21H,4,12-13,15H2,1-3H3,(H2,25,26,27). The SMILES string of the molecule is CCNC(=NCCc1cccc(C(=O)N(C)C)c1)NC1CC1c1ccccc1F. The molecule has 0 aliphatic heterocycles. The number of rotatable bonds is 7. The minimum atomic E-state index is -0.143. The van der Waals surface area contributed by atoms with E-state index in [1.807, 2.05) is 43.3 Å². The van der Waals surface area contributed by atoms with Gasteiger partial charge in [-0.15, -0.1) is 0 Å². The normalized spacial score (nSPS) is 18.3. The van der Waals surface area contributed by atoms with Gasteiger partial charge >= 0.3 is 0 Å². The summed E-state index contributed by atoms with van der Waals surface area (Å²) in [6.45, 7) is 3.39. The van der Waals surface area contributed by atoms with Crippen LogP contribution in [0.1, 0.15) is 40.7 Å². The van der Waals surface area contributed by atoms with E-state index in [9.17, 15) is 9.18 Å². The van der Waals surface area contributed by atoms with Crippen LogP contribution < -0.4 is 10.6 Å². The molecule has 2 aromatic rings. The highest BCUT2D eigenvalue weighted by Crippen LogP contribution is 2.41. The first-order chi connectivity index (χ1) is 14.0. The highest BCUT2D eigenvalue weighted by atomic mass is 19.1. The molecule has 1 aliphatic carbocycles. The molecule has 6 heteroatoms. The second-order valence-corrected chi connectivity index (χ2v) is 7.53. The molecule has 0 spiro atoms. The van der Waals surface area contributed by atoms with E-state index in [0.29, 0.717) is 12.1 Å². The molecule has 2 atom stereocenters. The van der Waals surface area contributed by atoms with Gasteiger partial charge in [0, 0.05) is 44.7 Å². The Morgan fingerprint density at radius 2 is 2.00 bits per heavy atom. The number of carbonyl (C=O) groups excluding carboxylic acids is 1. The first-order valence-corrected chi connectivity index (χ1v) is 10.1.